The van der Waals surface area contributed by atoms with Gasteiger partial charge in [0.1, 0.15) is 5.60 Å². The highest BCUT2D eigenvalue weighted by molar-refractivity contribution is 9.10. The largest absolute Gasteiger partial charge is 0.444 e. The molecule has 1 saturated carbocycles. The lowest BCUT2D eigenvalue weighted by molar-refractivity contribution is 0.0517. The van der Waals surface area contributed by atoms with E-state index in [1.165, 1.54) is 12.0 Å². The van der Waals surface area contributed by atoms with Crippen LogP contribution in [0.2, 0.25) is 0 Å². The molecule has 0 radical (unpaired) electrons. The number of hydrogen-bond acceptors (Lipinski definition) is 3. The van der Waals surface area contributed by atoms with E-state index >= 15 is 0 Å². The Labute approximate surface area is 147 Å². The van der Waals surface area contributed by atoms with Crippen LogP contribution < -0.4 is 10.6 Å². The summed E-state index contributed by atoms with van der Waals surface area (Å²) in [6, 6.07) is 8.83. The van der Waals surface area contributed by atoms with Gasteiger partial charge in [-0.2, -0.15) is 0 Å². The molecule has 23 heavy (non-hydrogen) atoms. The molecule has 0 spiro atoms. The molecule has 0 heterocycles. The topological polar surface area (TPSA) is 50.4 Å². The third kappa shape index (κ3) is 6.51. The Morgan fingerprint density at radius 3 is 2.61 bits per heavy atom. The number of carbonyl (C=O) groups is 1. The predicted octanol–water partition coefficient (Wildman–Crippen LogP) is 4.23. The van der Waals surface area contributed by atoms with Gasteiger partial charge in [0.05, 0.1) is 0 Å². The molecular formula is C18H27BrN2O2. The second-order valence-corrected chi connectivity index (χ2v) is 8.10. The lowest BCUT2D eigenvalue weighted by Crippen LogP contribution is -2.40. The van der Waals surface area contributed by atoms with Crippen molar-refractivity contribution in [1.82, 2.24) is 10.6 Å². The zero-order valence-electron chi connectivity index (χ0n) is 14.2. The summed E-state index contributed by atoms with van der Waals surface area (Å²) in [7, 11) is 0. The van der Waals surface area contributed by atoms with Crippen molar-refractivity contribution in [2.45, 2.75) is 58.2 Å². The molecule has 1 aliphatic rings. The van der Waals surface area contributed by atoms with Crippen molar-refractivity contribution < 1.29 is 9.53 Å². The summed E-state index contributed by atoms with van der Waals surface area (Å²) >= 11 is 3.45. The highest BCUT2D eigenvalue weighted by Gasteiger charge is 2.27. The summed E-state index contributed by atoms with van der Waals surface area (Å²) in [5.74, 6) is 0.470. The van der Waals surface area contributed by atoms with Gasteiger partial charge in [-0.25, -0.2) is 4.79 Å². The number of amides is 1. The van der Waals surface area contributed by atoms with Gasteiger partial charge in [-0.3, -0.25) is 0 Å². The maximum atomic E-state index is 11.8. The molecule has 2 unspecified atom stereocenters. The summed E-state index contributed by atoms with van der Waals surface area (Å²) < 4.78 is 6.40. The minimum absolute atomic E-state index is 0.323. The van der Waals surface area contributed by atoms with Gasteiger partial charge in [-0.05, 0) is 57.2 Å². The summed E-state index contributed by atoms with van der Waals surface area (Å²) in [5, 5.41) is 6.54. The van der Waals surface area contributed by atoms with Crippen molar-refractivity contribution in [2.24, 2.45) is 5.92 Å². The van der Waals surface area contributed by atoms with E-state index in [1.807, 2.05) is 20.8 Å². The van der Waals surface area contributed by atoms with Gasteiger partial charge in [-0.15, -0.1) is 0 Å². The van der Waals surface area contributed by atoms with Crippen LogP contribution in [0.15, 0.2) is 28.7 Å². The molecule has 1 fully saturated rings. The Hall–Kier alpha value is -1.07. The first-order chi connectivity index (χ1) is 10.8. The van der Waals surface area contributed by atoms with Crippen molar-refractivity contribution in [3.8, 4) is 0 Å². The Kier molecular flexibility index (Phi) is 6.48. The quantitative estimate of drug-likeness (QED) is 0.800. The first-order valence-corrected chi connectivity index (χ1v) is 9.07. The number of rotatable bonds is 5. The number of halogens is 1. The summed E-state index contributed by atoms with van der Waals surface area (Å²) in [6.07, 6.45) is 3.19. The molecule has 4 nitrogen and oxygen atoms in total. The number of hydrogen-bond donors (Lipinski definition) is 2. The maximum absolute atomic E-state index is 11.8. The van der Waals surface area contributed by atoms with Crippen molar-refractivity contribution >= 4 is 22.0 Å². The summed E-state index contributed by atoms with van der Waals surface area (Å²) in [5.41, 5.74) is 0.831. The van der Waals surface area contributed by atoms with Crippen LogP contribution in [0.5, 0.6) is 0 Å². The lowest BCUT2D eigenvalue weighted by Gasteiger charge is -2.23. The number of alkyl carbamates (subject to hydrolysis) is 1. The Balaban J connectivity index is 1.76. The summed E-state index contributed by atoms with van der Waals surface area (Å²) in [4.78, 5) is 11.8. The van der Waals surface area contributed by atoms with E-state index in [9.17, 15) is 4.79 Å². The summed E-state index contributed by atoms with van der Waals surface area (Å²) in [6.45, 7) is 7.17. The zero-order chi connectivity index (χ0) is 16.9. The van der Waals surface area contributed by atoms with Gasteiger partial charge >= 0.3 is 6.09 Å². The molecule has 1 aromatic rings. The fourth-order valence-electron chi connectivity index (χ4n) is 2.93. The number of nitrogens with one attached hydrogen (secondary N) is 2. The first kappa shape index (κ1) is 18.3. The van der Waals surface area contributed by atoms with Crippen LogP contribution in [0.1, 0.15) is 45.6 Å². The van der Waals surface area contributed by atoms with Crippen LogP contribution in [0, 0.1) is 5.92 Å². The third-order valence-electron chi connectivity index (χ3n) is 4.05. The van der Waals surface area contributed by atoms with Crippen LogP contribution in [-0.2, 0) is 11.3 Å². The van der Waals surface area contributed by atoms with Gasteiger partial charge < -0.3 is 15.4 Å². The molecule has 1 aromatic carbocycles. The smallest absolute Gasteiger partial charge is 0.407 e. The maximum Gasteiger partial charge on any atom is 0.407 e. The van der Waals surface area contributed by atoms with Crippen LogP contribution in [-0.4, -0.2) is 24.3 Å². The second kappa shape index (κ2) is 8.15. The fourth-order valence-corrected chi connectivity index (χ4v) is 3.19. The van der Waals surface area contributed by atoms with E-state index in [4.69, 9.17) is 4.74 Å². The van der Waals surface area contributed by atoms with Crippen LogP contribution in [0.4, 0.5) is 4.79 Å². The number of benzene rings is 1. The van der Waals surface area contributed by atoms with Gasteiger partial charge in [0.15, 0.2) is 0 Å². The normalized spacial score (nSPS) is 21.2. The Morgan fingerprint density at radius 1 is 1.26 bits per heavy atom. The average molecular weight is 383 g/mol. The van der Waals surface area contributed by atoms with E-state index < -0.39 is 5.60 Å². The van der Waals surface area contributed by atoms with Gasteiger partial charge in [0, 0.05) is 23.6 Å². The fraction of sp³-hybridized carbons (Fsp3) is 0.611. The molecule has 2 N–H and O–H groups in total. The van der Waals surface area contributed by atoms with Gasteiger partial charge in [0.2, 0.25) is 0 Å². The van der Waals surface area contributed by atoms with Crippen molar-refractivity contribution in [3.05, 3.63) is 34.3 Å². The van der Waals surface area contributed by atoms with Crippen LogP contribution >= 0.6 is 15.9 Å². The highest BCUT2D eigenvalue weighted by atomic mass is 79.9. The third-order valence-corrected chi connectivity index (χ3v) is 4.58. The molecule has 5 heteroatoms. The lowest BCUT2D eigenvalue weighted by atomic mass is 10.0. The second-order valence-electron chi connectivity index (χ2n) is 7.19. The minimum Gasteiger partial charge on any atom is -0.444 e. The minimum atomic E-state index is -0.445. The molecule has 1 amide bonds. The predicted molar refractivity (Wildman–Crippen MR) is 96.3 cm³/mol. The molecule has 2 atom stereocenters. The molecule has 1 aliphatic carbocycles. The van der Waals surface area contributed by atoms with E-state index in [0.29, 0.717) is 18.5 Å². The van der Waals surface area contributed by atoms with Gasteiger partial charge in [-0.1, -0.05) is 34.5 Å². The van der Waals surface area contributed by atoms with Crippen molar-refractivity contribution in [2.75, 3.05) is 6.54 Å². The molecule has 128 valence electrons. The van der Waals surface area contributed by atoms with Crippen molar-refractivity contribution in [1.29, 1.82) is 0 Å². The highest BCUT2D eigenvalue weighted by Crippen LogP contribution is 2.25. The Bertz CT molecular complexity index is 511. The Morgan fingerprint density at radius 2 is 1.96 bits per heavy atom. The van der Waals surface area contributed by atoms with E-state index in [0.717, 1.165) is 23.9 Å². The zero-order valence-corrected chi connectivity index (χ0v) is 15.8. The number of carbonyl (C=O) groups excluding carboxylic acids is 1. The first-order valence-electron chi connectivity index (χ1n) is 8.28. The van der Waals surface area contributed by atoms with E-state index in [-0.39, 0.29) is 6.09 Å². The standard InChI is InChI=1S/C18H27BrN2O2/c1-18(2,3)23-17(22)21-12-14-5-4-6-16(14)20-11-13-7-9-15(19)10-8-13/h7-10,14,16,20H,4-6,11-12H2,1-3H3,(H,21,22). The SMILES string of the molecule is CC(C)(C)OC(=O)NCC1CCCC1NCc1ccc(Br)cc1. The molecule has 0 saturated heterocycles. The number of ether oxygens (including phenoxy) is 1. The molecule has 0 bridgehead atoms. The monoisotopic (exact) mass is 382 g/mol. The van der Waals surface area contributed by atoms with Crippen LogP contribution in [0.3, 0.4) is 0 Å². The van der Waals surface area contributed by atoms with E-state index in [2.05, 4.69) is 50.8 Å². The molecule has 2 rings (SSSR count). The van der Waals surface area contributed by atoms with Crippen LogP contribution in [0.25, 0.3) is 0 Å². The molecule has 0 aromatic heterocycles. The average Bonchev–Trinajstić information content (AvgIpc) is 2.90. The van der Waals surface area contributed by atoms with Crippen molar-refractivity contribution in [3.63, 3.8) is 0 Å². The van der Waals surface area contributed by atoms with Gasteiger partial charge in [0.25, 0.3) is 0 Å². The van der Waals surface area contributed by atoms with E-state index in [1.54, 1.807) is 0 Å². The molecule has 0 aliphatic heterocycles. The molecular weight excluding hydrogens is 356 g/mol.